The molecule has 1 atom stereocenters. The Kier molecular flexibility index (Phi) is 6.52. The smallest absolute Gasteiger partial charge is 0.188 e. The van der Waals surface area contributed by atoms with Gasteiger partial charge in [0, 0.05) is 6.54 Å². The van der Waals surface area contributed by atoms with Crippen LogP contribution in [-0.4, -0.2) is 16.4 Å². The summed E-state index contributed by atoms with van der Waals surface area (Å²) in [6.45, 7) is 0.568. The third kappa shape index (κ3) is 5.31. The summed E-state index contributed by atoms with van der Waals surface area (Å²) in [5.74, 6) is 2.07. The molecule has 0 radical (unpaired) electrons. The molecule has 2 rings (SSSR count). The fourth-order valence-corrected chi connectivity index (χ4v) is 2.71. The number of hydrogen-bond acceptors (Lipinski definition) is 4. The molecule has 0 saturated carbocycles. The van der Waals surface area contributed by atoms with Gasteiger partial charge in [-0.15, -0.1) is 6.42 Å². The first-order chi connectivity index (χ1) is 11.1. The van der Waals surface area contributed by atoms with Gasteiger partial charge in [0.2, 0.25) is 0 Å². The summed E-state index contributed by atoms with van der Waals surface area (Å²) in [5, 5.41) is 3.07. The highest BCUT2D eigenvalue weighted by Gasteiger charge is 2.19. The van der Waals surface area contributed by atoms with Crippen molar-refractivity contribution in [2.24, 2.45) is 0 Å². The van der Waals surface area contributed by atoms with Crippen molar-refractivity contribution in [3.8, 4) is 18.1 Å². The molecular weight excluding hydrogens is 316 g/mol. The Labute approximate surface area is 135 Å². The summed E-state index contributed by atoms with van der Waals surface area (Å²) in [6, 6.07) is 13.0. The van der Waals surface area contributed by atoms with Crippen LogP contribution >= 0.6 is 8.38 Å². The molecule has 0 heterocycles. The van der Waals surface area contributed by atoms with E-state index in [0.717, 1.165) is 11.1 Å². The molecule has 0 saturated heterocycles. The van der Waals surface area contributed by atoms with Crippen molar-refractivity contribution in [3.05, 3.63) is 65.5 Å². The highest BCUT2D eigenvalue weighted by molar-refractivity contribution is 7.45. The Hall–Kier alpha value is -1.96. The van der Waals surface area contributed by atoms with Crippen LogP contribution in [0.2, 0.25) is 0 Å². The van der Waals surface area contributed by atoms with Crippen molar-refractivity contribution in [2.45, 2.75) is 12.3 Å². The van der Waals surface area contributed by atoms with Crippen molar-refractivity contribution in [1.82, 2.24) is 5.32 Å². The molecule has 4 nitrogen and oxygen atoms in total. The molecular formula is C17H17FNO3P. The first kappa shape index (κ1) is 17.4. The lowest BCUT2D eigenvalue weighted by Gasteiger charge is -2.20. The Morgan fingerprint density at radius 1 is 1.13 bits per heavy atom. The topological polar surface area (TPSA) is 61.7 Å². The van der Waals surface area contributed by atoms with E-state index in [4.69, 9.17) is 11.2 Å². The van der Waals surface area contributed by atoms with Crippen LogP contribution in [-0.2, 0) is 6.54 Å². The fourth-order valence-electron chi connectivity index (χ4n) is 2.02. The van der Waals surface area contributed by atoms with Gasteiger partial charge in [0.1, 0.15) is 24.0 Å². The van der Waals surface area contributed by atoms with E-state index in [9.17, 15) is 14.2 Å². The van der Waals surface area contributed by atoms with Gasteiger partial charge in [-0.25, -0.2) is 4.39 Å². The number of terminal acetylenes is 1. The Morgan fingerprint density at radius 2 is 1.78 bits per heavy atom. The monoisotopic (exact) mass is 333 g/mol. The van der Waals surface area contributed by atoms with Gasteiger partial charge in [0.15, 0.2) is 8.38 Å². The Bertz CT molecular complexity index is 653. The average molecular weight is 333 g/mol. The second-order valence-corrected chi connectivity index (χ2v) is 5.95. The van der Waals surface area contributed by atoms with Crippen LogP contribution in [0.5, 0.6) is 5.75 Å². The fraction of sp³-hybridized carbons (Fsp3) is 0.176. The number of hydrogen-bond donors (Lipinski definition) is 3. The van der Waals surface area contributed by atoms with Gasteiger partial charge < -0.3 is 14.5 Å². The molecule has 0 aliphatic carbocycles. The zero-order chi connectivity index (χ0) is 16.7. The molecule has 0 aromatic heterocycles. The molecule has 3 N–H and O–H groups in total. The highest BCUT2D eigenvalue weighted by Crippen LogP contribution is 2.42. The predicted octanol–water partition coefficient (Wildman–Crippen LogP) is 2.92. The van der Waals surface area contributed by atoms with Crippen molar-refractivity contribution in [2.75, 3.05) is 6.61 Å². The molecule has 6 heteroatoms. The summed E-state index contributed by atoms with van der Waals surface area (Å²) >= 11 is 0. The standard InChI is InChI=1S/C17H17FNO3P/c1-2-11-22-16-9-5-14(6-10-16)17(23(20)21)19-12-13-3-7-15(18)8-4-13/h1,3-10,17,19-21H,11-12H2. The molecule has 0 amide bonds. The summed E-state index contributed by atoms with van der Waals surface area (Å²) < 4.78 is 18.2. The minimum absolute atomic E-state index is 0.179. The lowest BCUT2D eigenvalue weighted by molar-refractivity contribution is 0.370. The first-order valence-electron chi connectivity index (χ1n) is 6.91. The number of rotatable bonds is 7. The van der Waals surface area contributed by atoms with E-state index >= 15 is 0 Å². The van der Waals surface area contributed by atoms with E-state index in [0.29, 0.717) is 12.3 Å². The minimum Gasteiger partial charge on any atom is -0.481 e. The molecule has 0 aliphatic rings. The number of benzene rings is 2. The van der Waals surface area contributed by atoms with Gasteiger partial charge in [-0.2, -0.15) is 0 Å². The molecule has 23 heavy (non-hydrogen) atoms. The summed E-state index contributed by atoms with van der Waals surface area (Å²) in [7, 11) is -2.22. The van der Waals surface area contributed by atoms with Gasteiger partial charge in [-0.1, -0.05) is 30.2 Å². The highest BCUT2D eigenvalue weighted by atomic mass is 31.2. The van der Waals surface area contributed by atoms with E-state index in [-0.39, 0.29) is 12.4 Å². The number of halogens is 1. The third-order valence-electron chi connectivity index (χ3n) is 3.16. The number of ether oxygens (including phenoxy) is 1. The predicted molar refractivity (Wildman–Crippen MR) is 88.1 cm³/mol. The second-order valence-electron chi connectivity index (χ2n) is 4.79. The summed E-state index contributed by atoms with van der Waals surface area (Å²) in [5.41, 5.74) is 1.57. The van der Waals surface area contributed by atoms with E-state index < -0.39 is 14.2 Å². The lowest BCUT2D eigenvalue weighted by atomic mass is 10.2. The van der Waals surface area contributed by atoms with E-state index in [1.807, 2.05) is 0 Å². The molecule has 0 spiro atoms. The Balaban J connectivity index is 2.03. The molecule has 120 valence electrons. The van der Waals surface area contributed by atoms with Gasteiger partial charge in [0.05, 0.1) is 0 Å². The van der Waals surface area contributed by atoms with Crippen molar-refractivity contribution in [3.63, 3.8) is 0 Å². The quantitative estimate of drug-likeness (QED) is 0.539. The van der Waals surface area contributed by atoms with Crippen LogP contribution in [0.25, 0.3) is 0 Å². The van der Waals surface area contributed by atoms with Crippen LogP contribution in [0.1, 0.15) is 16.9 Å². The molecule has 0 bridgehead atoms. The minimum atomic E-state index is -2.22. The molecule has 2 aromatic rings. The zero-order valence-electron chi connectivity index (χ0n) is 12.3. The van der Waals surface area contributed by atoms with Gasteiger partial charge in [0.25, 0.3) is 0 Å². The van der Waals surface area contributed by atoms with Crippen LogP contribution in [0.15, 0.2) is 48.5 Å². The van der Waals surface area contributed by atoms with E-state index in [1.165, 1.54) is 12.1 Å². The molecule has 0 aliphatic heterocycles. The van der Waals surface area contributed by atoms with Crippen molar-refractivity contribution < 1.29 is 18.9 Å². The normalized spacial score (nSPS) is 12.0. The van der Waals surface area contributed by atoms with Crippen LogP contribution in [0, 0.1) is 18.2 Å². The van der Waals surface area contributed by atoms with Crippen LogP contribution in [0.3, 0.4) is 0 Å². The van der Waals surface area contributed by atoms with E-state index in [1.54, 1.807) is 36.4 Å². The first-order valence-corrected chi connectivity index (χ1v) is 8.23. The second kappa shape index (κ2) is 8.61. The largest absolute Gasteiger partial charge is 0.481 e. The maximum atomic E-state index is 12.9. The van der Waals surface area contributed by atoms with Crippen LogP contribution < -0.4 is 10.1 Å². The van der Waals surface area contributed by atoms with Gasteiger partial charge >= 0.3 is 0 Å². The SMILES string of the molecule is C#CCOc1ccc(C(NCc2ccc(F)cc2)P(O)O)cc1. The van der Waals surface area contributed by atoms with Crippen LogP contribution in [0.4, 0.5) is 4.39 Å². The maximum Gasteiger partial charge on any atom is 0.188 e. The zero-order valence-corrected chi connectivity index (χ0v) is 13.2. The molecule has 1 unspecified atom stereocenters. The maximum absolute atomic E-state index is 12.9. The Morgan fingerprint density at radius 3 is 2.35 bits per heavy atom. The van der Waals surface area contributed by atoms with Crippen molar-refractivity contribution in [1.29, 1.82) is 0 Å². The van der Waals surface area contributed by atoms with Gasteiger partial charge in [-0.3, -0.25) is 5.32 Å². The number of nitrogens with one attached hydrogen (secondary N) is 1. The molecule has 2 aromatic carbocycles. The van der Waals surface area contributed by atoms with Gasteiger partial charge in [-0.05, 0) is 35.4 Å². The molecule has 0 fully saturated rings. The third-order valence-corrected chi connectivity index (χ3v) is 4.10. The average Bonchev–Trinajstić information content (AvgIpc) is 2.55. The van der Waals surface area contributed by atoms with E-state index in [2.05, 4.69) is 11.2 Å². The summed E-state index contributed by atoms with van der Waals surface area (Å²) in [6.07, 6.45) is 5.13. The lowest BCUT2D eigenvalue weighted by Crippen LogP contribution is -2.19. The summed E-state index contributed by atoms with van der Waals surface area (Å²) in [4.78, 5) is 19.3. The van der Waals surface area contributed by atoms with Crippen molar-refractivity contribution >= 4 is 8.38 Å².